The lowest BCUT2D eigenvalue weighted by Crippen LogP contribution is -2.50. The molecule has 0 unspecified atom stereocenters. The van der Waals surface area contributed by atoms with Crippen LogP contribution in [0.25, 0.3) is 10.9 Å². The molecule has 2 saturated heterocycles. The number of hydrogen-bond donors (Lipinski definition) is 3. The van der Waals surface area contributed by atoms with E-state index in [4.69, 9.17) is 4.74 Å². The van der Waals surface area contributed by atoms with Crippen LogP contribution in [0.2, 0.25) is 0 Å². The fraction of sp³-hybridized carbons (Fsp3) is 0.500. The number of urea groups is 1. The van der Waals surface area contributed by atoms with Crippen molar-refractivity contribution in [1.82, 2.24) is 15.6 Å². The van der Waals surface area contributed by atoms with E-state index < -0.39 is 0 Å². The lowest BCUT2D eigenvalue weighted by Gasteiger charge is -2.37. The lowest BCUT2D eigenvalue weighted by atomic mass is 9.90. The first-order chi connectivity index (χ1) is 11.7. The molecule has 2 aliphatic heterocycles. The molecule has 5 nitrogen and oxygen atoms in total. The summed E-state index contributed by atoms with van der Waals surface area (Å²) in [5, 5.41) is 7.25. The fourth-order valence-electron chi connectivity index (χ4n) is 3.65. The first kappa shape index (κ1) is 15.8. The van der Waals surface area contributed by atoms with Gasteiger partial charge in [-0.3, -0.25) is 0 Å². The van der Waals surface area contributed by atoms with Gasteiger partial charge in [-0.15, -0.1) is 0 Å². The third kappa shape index (κ3) is 3.39. The number of para-hydroxylation sites is 1. The van der Waals surface area contributed by atoms with Crippen LogP contribution in [0.4, 0.5) is 4.79 Å². The molecule has 3 N–H and O–H groups in total. The van der Waals surface area contributed by atoms with Crippen LogP contribution in [0, 0.1) is 0 Å². The Morgan fingerprint density at radius 1 is 1.42 bits per heavy atom. The van der Waals surface area contributed by atoms with Crippen molar-refractivity contribution in [2.45, 2.75) is 37.5 Å². The van der Waals surface area contributed by atoms with Crippen LogP contribution in [0.15, 0.2) is 30.3 Å². The van der Waals surface area contributed by atoms with Gasteiger partial charge in [0.2, 0.25) is 0 Å². The summed E-state index contributed by atoms with van der Waals surface area (Å²) < 4.78 is 6.00. The molecular formula is C18H23N3O2S. The topological polar surface area (TPSA) is 66.2 Å². The van der Waals surface area contributed by atoms with E-state index in [2.05, 4.69) is 27.8 Å². The number of amides is 2. The van der Waals surface area contributed by atoms with Gasteiger partial charge in [0.15, 0.2) is 0 Å². The van der Waals surface area contributed by atoms with Crippen molar-refractivity contribution in [3.63, 3.8) is 0 Å². The summed E-state index contributed by atoms with van der Waals surface area (Å²) in [5.41, 5.74) is 2.11. The Labute approximate surface area is 145 Å². The van der Waals surface area contributed by atoms with Crippen LogP contribution in [0.1, 0.15) is 25.0 Å². The van der Waals surface area contributed by atoms with Gasteiger partial charge in [-0.1, -0.05) is 18.2 Å². The Balaban J connectivity index is 1.30. The molecule has 0 saturated carbocycles. The van der Waals surface area contributed by atoms with E-state index in [-0.39, 0.29) is 17.7 Å². The average Bonchev–Trinajstić information content (AvgIpc) is 3.19. The Bertz CT molecular complexity index is 691. The van der Waals surface area contributed by atoms with Crippen molar-refractivity contribution < 1.29 is 9.53 Å². The molecule has 0 bridgehead atoms. The lowest BCUT2D eigenvalue weighted by molar-refractivity contribution is -0.0684. The number of aromatic amines is 1. The monoisotopic (exact) mass is 345 g/mol. The number of ether oxygens (including phenoxy) is 1. The number of H-pyrrole nitrogens is 1. The number of thioether (sulfide) groups is 1. The van der Waals surface area contributed by atoms with E-state index in [1.165, 1.54) is 11.1 Å². The van der Waals surface area contributed by atoms with Gasteiger partial charge >= 0.3 is 6.03 Å². The van der Waals surface area contributed by atoms with Crippen LogP contribution in [-0.2, 0) is 11.3 Å². The highest BCUT2D eigenvalue weighted by atomic mass is 32.2. The average molecular weight is 345 g/mol. The molecule has 2 fully saturated rings. The fourth-order valence-corrected chi connectivity index (χ4v) is 5.03. The minimum Gasteiger partial charge on any atom is -0.374 e. The molecule has 3 heterocycles. The van der Waals surface area contributed by atoms with Gasteiger partial charge in [-0.05, 0) is 42.5 Å². The number of rotatable bonds is 3. The Morgan fingerprint density at radius 3 is 3.17 bits per heavy atom. The number of benzene rings is 1. The van der Waals surface area contributed by atoms with Crippen molar-refractivity contribution >= 4 is 28.7 Å². The maximum Gasteiger partial charge on any atom is 0.315 e. The summed E-state index contributed by atoms with van der Waals surface area (Å²) in [6.45, 7) is 1.25. The molecule has 2 aromatic rings. The minimum atomic E-state index is -0.0960. The quantitative estimate of drug-likeness (QED) is 0.801. The molecule has 1 aromatic carbocycles. The number of carbonyl (C=O) groups is 1. The van der Waals surface area contributed by atoms with E-state index in [1.807, 2.05) is 30.0 Å². The molecule has 24 heavy (non-hydrogen) atoms. The van der Waals surface area contributed by atoms with Crippen molar-refractivity contribution in [1.29, 1.82) is 0 Å². The second kappa shape index (κ2) is 6.69. The summed E-state index contributed by atoms with van der Waals surface area (Å²) >= 11 is 1.95. The van der Waals surface area contributed by atoms with E-state index >= 15 is 0 Å². The van der Waals surface area contributed by atoms with Gasteiger partial charge in [-0.25, -0.2) is 4.79 Å². The largest absolute Gasteiger partial charge is 0.374 e. The van der Waals surface area contributed by atoms with Crippen LogP contribution in [0.5, 0.6) is 0 Å². The van der Waals surface area contributed by atoms with Gasteiger partial charge in [0, 0.05) is 29.6 Å². The van der Waals surface area contributed by atoms with Crippen molar-refractivity contribution in [3.05, 3.63) is 36.0 Å². The van der Waals surface area contributed by atoms with Crippen LogP contribution < -0.4 is 10.6 Å². The molecule has 1 spiro atoms. The summed E-state index contributed by atoms with van der Waals surface area (Å²) in [7, 11) is 0. The predicted molar refractivity (Wildman–Crippen MR) is 97.3 cm³/mol. The normalized spacial score (nSPS) is 26.8. The van der Waals surface area contributed by atoms with Crippen LogP contribution in [0.3, 0.4) is 0 Å². The van der Waals surface area contributed by atoms with Crippen molar-refractivity contribution in [2.24, 2.45) is 0 Å². The van der Waals surface area contributed by atoms with Crippen molar-refractivity contribution in [2.75, 3.05) is 18.1 Å². The Hall–Kier alpha value is -1.66. The van der Waals surface area contributed by atoms with Gasteiger partial charge in [0.25, 0.3) is 0 Å². The summed E-state index contributed by atoms with van der Waals surface area (Å²) in [6, 6.07) is 10.3. The highest BCUT2D eigenvalue weighted by Crippen LogP contribution is 2.38. The summed E-state index contributed by atoms with van der Waals surface area (Å²) in [5.74, 6) is 2.22. The van der Waals surface area contributed by atoms with Gasteiger partial charge in [0.1, 0.15) is 0 Å². The van der Waals surface area contributed by atoms with E-state index in [1.54, 1.807) is 0 Å². The second-order valence-electron chi connectivity index (χ2n) is 6.73. The third-order valence-electron chi connectivity index (χ3n) is 4.92. The summed E-state index contributed by atoms with van der Waals surface area (Å²) in [4.78, 5) is 15.5. The maximum absolute atomic E-state index is 12.2. The molecule has 4 rings (SSSR count). The van der Waals surface area contributed by atoms with E-state index in [9.17, 15) is 4.79 Å². The van der Waals surface area contributed by atoms with Gasteiger partial charge in [-0.2, -0.15) is 11.8 Å². The maximum atomic E-state index is 12.2. The first-order valence-corrected chi connectivity index (χ1v) is 9.71. The molecule has 2 amide bonds. The number of nitrogens with one attached hydrogen (secondary N) is 3. The molecular weight excluding hydrogens is 322 g/mol. The van der Waals surface area contributed by atoms with Gasteiger partial charge < -0.3 is 20.4 Å². The number of fused-ring (bicyclic) bond motifs is 1. The molecule has 2 atom stereocenters. The first-order valence-electron chi connectivity index (χ1n) is 8.55. The zero-order chi connectivity index (χ0) is 16.4. The molecule has 0 radical (unpaired) electrons. The Morgan fingerprint density at radius 2 is 2.33 bits per heavy atom. The Kier molecular flexibility index (Phi) is 4.41. The zero-order valence-electron chi connectivity index (χ0n) is 13.6. The SMILES string of the molecule is O=C(NCc1cc2ccccc2[nH]1)N[C@@H]1CCO[C@@]2(CCSC2)C1. The standard InChI is InChI=1S/C18H23N3O2S/c22-17(19-11-15-9-13-3-1-2-4-16(13)20-15)21-14-5-7-23-18(10-14)6-8-24-12-18/h1-4,9,14,20H,5-8,10-12H2,(H2,19,21,22)/t14-,18+/m1/s1. The smallest absolute Gasteiger partial charge is 0.315 e. The second-order valence-corrected chi connectivity index (χ2v) is 7.84. The molecule has 2 aliphatic rings. The molecule has 0 aliphatic carbocycles. The number of aromatic nitrogens is 1. The third-order valence-corrected chi connectivity index (χ3v) is 6.14. The highest BCUT2D eigenvalue weighted by molar-refractivity contribution is 7.99. The van der Waals surface area contributed by atoms with Crippen LogP contribution >= 0.6 is 11.8 Å². The predicted octanol–water partition coefficient (Wildman–Crippen LogP) is 3.02. The molecule has 6 heteroatoms. The molecule has 1 aromatic heterocycles. The van der Waals surface area contributed by atoms with Crippen molar-refractivity contribution in [3.8, 4) is 0 Å². The minimum absolute atomic E-state index is 0.00194. The van der Waals surface area contributed by atoms with Gasteiger partial charge in [0.05, 0.1) is 12.1 Å². The highest BCUT2D eigenvalue weighted by Gasteiger charge is 2.40. The molecule has 128 valence electrons. The van der Waals surface area contributed by atoms with Crippen LogP contribution in [-0.4, -0.2) is 40.8 Å². The number of carbonyl (C=O) groups excluding carboxylic acids is 1. The zero-order valence-corrected chi connectivity index (χ0v) is 14.5. The number of hydrogen-bond acceptors (Lipinski definition) is 3. The summed E-state index contributed by atoms with van der Waals surface area (Å²) in [6.07, 6.45) is 2.93. The van der Waals surface area contributed by atoms with E-state index in [0.29, 0.717) is 6.54 Å². The van der Waals surface area contributed by atoms with E-state index in [0.717, 1.165) is 42.8 Å².